The first-order chi connectivity index (χ1) is 12.8. The molecule has 1 aliphatic rings. The van der Waals surface area contributed by atoms with Gasteiger partial charge in [-0.3, -0.25) is 20.2 Å². The number of nitrogens with one attached hydrogen (secondary N) is 2. The summed E-state index contributed by atoms with van der Waals surface area (Å²) in [6.45, 7) is 0.216. The van der Waals surface area contributed by atoms with Gasteiger partial charge in [0.25, 0.3) is 11.6 Å². The van der Waals surface area contributed by atoms with Crippen LogP contribution >= 0.6 is 31.9 Å². The number of halogens is 2. The average Bonchev–Trinajstić information content (AvgIpc) is 2.91. The molecule has 2 N–H and O–H groups in total. The molecule has 3 amide bonds. The number of imide groups is 1. The summed E-state index contributed by atoms with van der Waals surface area (Å²) in [5.74, 6) is 0.0427. The molecule has 27 heavy (non-hydrogen) atoms. The number of amides is 3. The van der Waals surface area contributed by atoms with Gasteiger partial charge in [-0.25, -0.2) is 4.79 Å². The third kappa shape index (κ3) is 4.52. The van der Waals surface area contributed by atoms with Gasteiger partial charge in [-0.1, -0.05) is 0 Å². The van der Waals surface area contributed by atoms with Crippen molar-refractivity contribution in [2.75, 3.05) is 0 Å². The number of carbonyl (C=O) groups excluding carboxylic acids is 2. The van der Waals surface area contributed by atoms with Crippen molar-refractivity contribution in [3.8, 4) is 5.75 Å². The van der Waals surface area contributed by atoms with Crippen LogP contribution in [0.5, 0.6) is 5.75 Å². The number of nitrogens with zero attached hydrogens (tertiary/aromatic N) is 1. The highest BCUT2D eigenvalue weighted by molar-refractivity contribution is 9.11. The van der Waals surface area contributed by atoms with E-state index in [1.54, 1.807) is 24.3 Å². The average molecular weight is 497 g/mol. The van der Waals surface area contributed by atoms with E-state index in [9.17, 15) is 19.7 Å². The summed E-state index contributed by atoms with van der Waals surface area (Å²) in [5.41, 5.74) is 1.61. The number of nitro groups is 1. The minimum absolute atomic E-state index is 0.0153. The second-order valence-electron chi connectivity index (χ2n) is 5.49. The number of nitro benzene ring substituents is 1. The van der Waals surface area contributed by atoms with Gasteiger partial charge in [-0.2, -0.15) is 0 Å². The second kappa shape index (κ2) is 7.89. The van der Waals surface area contributed by atoms with E-state index < -0.39 is 16.9 Å². The van der Waals surface area contributed by atoms with Gasteiger partial charge in [0.15, 0.2) is 0 Å². The van der Waals surface area contributed by atoms with Crippen LogP contribution in [-0.2, 0) is 11.4 Å². The maximum absolute atomic E-state index is 11.6. The molecule has 0 unspecified atom stereocenters. The molecular weight excluding hydrogens is 486 g/mol. The molecule has 1 fully saturated rings. The first kappa shape index (κ1) is 19.1. The summed E-state index contributed by atoms with van der Waals surface area (Å²) in [6, 6.07) is 8.99. The van der Waals surface area contributed by atoms with E-state index in [1.807, 2.05) is 0 Å². The molecule has 8 nitrogen and oxygen atoms in total. The Balaban J connectivity index is 1.75. The van der Waals surface area contributed by atoms with Gasteiger partial charge < -0.3 is 10.1 Å². The third-order valence-corrected chi connectivity index (χ3v) is 4.76. The summed E-state index contributed by atoms with van der Waals surface area (Å²) in [6.07, 6.45) is 1.54. The van der Waals surface area contributed by atoms with Gasteiger partial charge in [0.1, 0.15) is 18.1 Å². The Labute approximate surface area is 170 Å². The number of hydrogen-bond acceptors (Lipinski definition) is 5. The third-order valence-electron chi connectivity index (χ3n) is 3.58. The molecule has 0 aromatic heterocycles. The number of urea groups is 1. The second-order valence-corrected chi connectivity index (χ2v) is 7.20. The predicted octanol–water partition coefficient (Wildman–Crippen LogP) is 3.88. The molecule has 2 aromatic rings. The Morgan fingerprint density at radius 3 is 2.22 bits per heavy atom. The SMILES string of the molecule is O=C1NC(=O)/C(=C\c2cc(Br)c(OCc3ccc([N+](=O)[O-])cc3)c(Br)c2)N1. The number of benzene rings is 2. The van der Waals surface area contributed by atoms with Crippen molar-refractivity contribution in [2.45, 2.75) is 6.61 Å². The molecule has 3 rings (SSSR count). The minimum Gasteiger partial charge on any atom is -0.487 e. The van der Waals surface area contributed by atoms with Crippen molar-refractivity contribution in [3.63, 3.8) is 0 Å². The smallest absolute Gasteiger partial charge is 0.326 e. The van der Waals surface area contributed by atoms with E-state index in [2.05, 4.69) is 42.5 Å². The fourth-order valence-electron chi connectivity index (χ4n) is 2.32. The lowest BCUT2D eigenvalue weighted by Gasteiger charge is -2.11. The first-order valence-electron chi connectivity index (χ1n) is 7.52. The molecule has 0 atom stereocenters. The van der Waals surface area contributed by atoms with E-state index >= 15 is 0 Å². The van der Waals surface area contributed by atoms with Crippen LogP contribution in [0, 0.1) is 10.1 Å². The summed E-state index contributed by atoms with van der Waals surface area (Å²) < 4.78 is 7.05. The van der Waals surface area contributed by atoms with E-state index in [0.29, 0.717) is 20.3 Å². The molecule has 0 spiro atoms. The molecule has 1 aliphatic heterocycles. The highest BCUT2D eigenvalue weighted by atomic mass is 79.9. The van der Waals surface area contributed by atoms with Crippen LogP contribution in [0.3, 0.4) is 0 Å². The molecule has 0 aliphatic carbocycles. The molecular formula is C17H11Br2N3O5. The molecule has 0 saturated carbocycles. The van der Waals surface area contributed by atoms with Crippen molar-refractivity contribution < 1.29 is 19.2 Å². The molecule has 0 bridgehead atoms. The van der Waals surface area contributed by atoms with Crippen molar-refractivity contribution >= 4 is 55.6 Å². The van der Waals surface area contributed by atoms with Crippen LogP contribution in [0.1, 0.15) is 11.1 Å². The number of ether oxygens (including phenoxy) is 1. The van der Waals surface area contributed by atoms with E-state index in [1.165, 1.54) is 18.2 Å². The fraction of sp³-hybridized carbons (Fsp3) is 0.0588. The molecule has 1 heterocycles. The zero-order valence-corrected chi connectivity index (χ0v) is 16.7. The predicted molar refractivity (Wildman–Crippen MR) is 104 cm³/mol. The molecule has 138 valence electrons. The van der Waals surface area contributed by atoms with E-state index in [-0.39, 0.29) is 18.0 Å². The van der Waals surface area contributed by atoms with Crippen LogP contribution < -0.4 is 15.4 Å². The summed E-state index contributed by atoms with van der Waals surface area (Å²) in [5, 5.41) is 15.2. The van der Waals surface area contributed by atoms with Crippen molar-refractivity contribution in [2.24, 2.45) is 0 Å². The van der Waals surface area contributed by atoms with Crippen LogP contribution in [-0.4, -0.2) is 16.9 Å². The molecule has 10 heteroatoms. The summed E-state index contributed by atoms with van der Waals surface area (Å²) in [4.78, 5) is 33.0. The largest absolute Gasteiger partial charge is 0.487 e. The Bertz CT molecular complexity index is 950. The standard InChI is InChI=1S/C17H11Br2N3O5/c18-12-5-10(7-14-16(23)21-17(24)20-14)6-13(19)15(12)27-8-9-1-3-11(4-2-9)22(25)26/h1-7H,8H2,(H2,20,21,23,24)/b14-7+. The van der Waals surface area contributed by atoms with Crippen LogP contribution in [0.15, 0.2) is 51.0 Å². The van der Waals surface area contributed by atoms with Gasteiger partial charge in [0.2, 0.25) is 0 Å². The Hall–Kier alpha value is -2.72. The topological polar surface area (TPSA) is 111 Å². The Morgan fingerprint density at radius 2 is 1.70 bits per heavy atom. The normalized spacial score (nSPS) is 14.8. The highest BCUT2D eigenvalue weighted by Crippen LogP contribution is 2.36. The number of carbonyl (C=O) groups is 2. The maximum atomic E-state index is 11.6. The number of rotatable bonds is 5. The molecule has 0 radical (unpaired) electrons. The van der Waals surface area contributed by atoms with Crippen LogP contribution in [0.2, 0.25) is 0 Å². The summed E-state index contributed by atoms with van der Waals surface area (Å²) >= 11 is 6.83. The van der Waals surface area contributed by atoms with Gasteiger partial charge in [-0.05, 0) is 73.3 Å². The number of non-ortho nitro benzene ring substituents is 1. The lowest BCUT2D eigenvalue weighted by Crippen LogP contribution is -2.22. The zero-order chi connectivity index (χ0) is 19.6. The lowest BCUT2D eigenvalue weighted by molar-refractivity contribution is -0.384. The first-order valence-corrected chi connectivity index (χ1v) is 9.11. The van der Waals surface area contributed by atoms with E-state index in [0.717, 1.165) is 5.56 Å². The maximum Gasteiger partial charge on any atom is 0.326 e. The van der Waals surface area contributed by atoms with Gasteiger partial charge >= 0.3 is 6.03 Å². The van der Waals surface area contributed by atoms with Crippen molar-refractivity contribution in [1.29, 1.82) is 0 Å². The quantitative estimate of drug-likeness (QED) is 0.282. The van der Waals surface area contributed by atoms with E-state index in [4.69, 9.17) is 4.74 Å². The van der Waals surface area contributed by atoms with Gasteiger partial charge in [0.05, 0.1) is 13.9 Å². The Morgan fingerprint density at radius 1 is 1.07 bits per heavy atom. The molecule has 1 saturated heterocycles. The zero-order valence-electron chi connectivity index (χ0n) is 13.5. The van der Waals surface area contributed by atoms with Crippen LogP contribution in [0.25, 0.3) is 6.08 Å². The summed E-state index contributed by atoms with van der Waals surface area (Å²) in [7, 11) is 0. The van der Waals surface area contributed by atoms with Crippen molar-refractivity contribution in [3.05, 3.63) is 72.3 Å². The minimum atomic E-state index is -0.563. The van der Waals surface area contributed by atoms with Crippen molar-refractivity contribution in [1.82, 2.24) is 10.6 Å². The van der Waals surface area contributed by atoms with Gasteiger partial charge in [-0.15, -0.1) is 0 Å². The lowest BCUT2D eigenvalue weighted by atomic mass is 10.2. The van der Waals surface area contributed by atoms with Crippen LogP contribution in [0.4, 0.5) is 10.5 Å². The number of hydrogen-bond donors (Lipinski definition) is 2. The van der Waals surface area contributed by atoms with Gasteiger partial charge in [0, 0.05) is 12.1 Å². The fourth-order valence-corrected chi connectivity index (χ4v) is 3.77. The highest BCUT2D eigenvalue weighted by Gasteiger charge is 2.23. The monoisotopic (exact) mass is 495 g/mol. The molecule has 2 aromatic carbocycles. The Kier molecular flexibility index (Phi) is 5.57.